The second kappa shape index (κ2) is 10.7. The van der Waals surface area contributed by atoms with Crippen molar-refractivity contribution in [3.8, 4) is 11.1 Å². The van der Waals surface area contributed by atoms with Crippen LogP contribution in [-0.4, -0.2) is 65.9 Å². The van der Waals surface area contributed by atoms with E-state index in [4.69, 9.17) is 4.74 Å². The Hall–Kier alpha value is -3.08. The maximum Gasteiger partial charge on any atom is 0.312 e. The number of aromatic nitrogens is 3. The summed E-state index contributed by atoms with van der Waals surface area (Å²) in [7, 11) is 1.73. The molecular weight excluding hydrogens is 428 g/mol. The molecule has 1 unspecified atom stereocenters. The number of benzene rings is 1. The number of alkyl halides is 2. The van der Waals surface area contributed by atoms with Crippen molar-refractivity contribution in [3.05, 3.63) is 60.1 Å². The van der Waals surface area contributed by atoms with Crippen LogP contribution >= 0.6 is 0 Å². The first-order valence-corrected chi connectivity index (χ1v) is 11.0. The van der Waals surface area contributed by atoms with Crippen LogP contribution in [0.4, 0.5) is 14.7 Å². The predicted octanol–water partition coefficient (Wildman–Crippen LogP) is 3.07. The average molecular weight is 458 g/mol. The summed E-state index contributed by atoms with van der Waals surface area (Å²) < 4.78 is 32.2. The van der Waals surface area contributed by atoms with Crippen LogP contribution < -0.4 is 16.0 Å². The minimum absolute atomic E-state index is 0.321. The molecule has 1 aliphatic rings. The molecule has 3 heterocycles. The number of hydrogen-bond donors (Lipinski definition) is 3. The van der Waals surface area contributed by atoms with Crippen LogP contribution in [0.3, 0.4) is 0 Å². The molecule has 1 aliphatic heterocycles. The standard InChI is InChI=1S/C23H29F2N7O/c1-16(31-10-12-33-13-11-31)17-5-7-18(8-6-17)20-4-3-9-32-21(20)29-23(30-32)28-19(14-26-2)15-27-22(24)25/h3-9,15-16,22,26-27H,10-14H2,1-2H3,(H,28,30)/b19-15+. The monoisotopic (exact) mass is 457 g/mol. The molecule has 10 heteroatoms. The molecule has 0 aliphatic carbocycles. The molecule has 0 amide bonds. The van der Waals surface area contributed by atoms with Gasteiger partial charge in [-0.25, -0.2) is 4.52 Å². The first-order valence-electron chi connectivity index (χ1n) is 11.0. The maximum absolute atomic E-state index is 12.5. The molecule has 176 valence electrons. The quantitative estimate of drug-likeness (QED) is 0.426. The molecule has 1 atom stereocenters. The topological polar surface area (TPSA) is 78.8 Å². The highest BCUT2D eigenvalue weighted by Crippen LogP contribution is 2.28. The zero-order chi connectivity index (χ0) is 23.2. The Morgan fingerprint density at radius 1 is 1.18 bits per heavy atom. The Morgan fingerprint density at radius 3 is 2.64 bits per heavy atom. The summed E-state index contributed by atoms with van der Waals surface area (Å²) in [5, 5.41) is 12.4. The van der Waals surface area contributed by atoms with E-state index in [0.29, 0.717) is 29.9 Å². The molecule has 0 spiro atoms. The molecule has 8 nitrogen and oxygen atoms in total. The highest BCUT2D eigenvalue weighted by molar-refractivity contribution is 5.78. The predicted molar refractivity (Wildman–Crippen MR) is 124 cm³/mol. The minimum Gasteiger partial charge on any atom is -0.379 e. The van der Waals surface area contributed by atoms with Gasteiger partial charge in [-0.1, -0.05) is 24.3 Å². The second-order valence-electron chi connectivity index (χ2n) is 7.86. The van der Waals surface area contributed by atoms with Crippen molar-refractivity contribution < 1.29 is 13.5 Å². The Kier molecular flexibility index (Phi) is 7.48. The van der Waals surface area contributed by atoms with Crippen molar-refractivity contribution in [3.63, 3.8) is 0 Å². The molecule has 0 bridgehead atoms. The largest absolute Gasteiger partial charge is 0.379 e. The van der Waals surface area contributed by atoms with Crippen LogP contribution in [0.15, 0.2) is 54.5 Å². The Morgan fingerprint density at radius 2 is 1.94 bits per heavy atom. The van der Waals surface area contributed by atoms with Crippen LogP contribution in [0.5, 0.6) is 0 Å². The zero-order valence-corrected chi connectivity index (χ0v) is 18.8. The summed E-state index contributed by atoms with van der Waals surface area (Å²) in [6.07, 6.45) is 3.03. The lowest BCUT2D eigenvalue weighted by atomic mass is 10.0. The fourth-order valence-electron chi connectivity index (χ4n) is 3.93. The van der Waals surface area contributed by atoms with Crippen LogP contribution in [-0.2, 0) is 4.74 Å². The Bertz CT molecular complexity index is 1080. The molecule has 1 fully saturated rings. The van der Waals surface area contributed by atoms with Gasteiger partial charge in [0.05, 0.1) is 13.2 Å². The van der Waals surface area contributed by atoms with Gasteiger partial charge in [0.1, 0.15) is 0 Å². The molecule has 4 rings (SSSR count). The summed E-state index contributed by atoms with van der Waals surface area (Å²) in [5.74, 6) is 0.331. The molecule has 2 aromatic heterocycles. The zero-order valence-electron chi connectivity index (χ0n) is 18.8. The fourth-order valence-corrected chi connectivity index (χ4v) is 3.93. The lowest BCUT2D eigenvalue weighted by molar-refractivity contribution is 0.0198. The molecule has 3 aromatic rings. The summed E-state index contributed by atoms with van der Waals surface area (Å²) in [4.78, 5) is 7.03. The van der Waals surface area contributed by atoms with E-state index >= 15 is 0 Å². The Balaban J connectivity index is 1.56. The first kappa shape index (κ1) is 23.1. The number of anilines is 1. The SMILES string of the molecule is CNC/C(=C\NC(F)F)Nc1nc2c(-c3ccc(C(C)N4CCOCC4)cc3)cccn2n1. The highest BCUT2D eigenvalue weighted by Gasteiger charge is 2.19. The average Bonchev–Trinajstić information content (AvgIpc) is 3.25. The Labute approximate surface area is 191 Å². The molecule has 3 N–H and O–H groups in total. The molecule has 1 aromatic carbocycles. The molecular formula is C23H29F2N7O. The fraction of sp³-hybridized carbons (Fsp3) is 0.391. The molecule has 0 saturated carbocycles. The van der Waals surface area contributed by atoms with E-state index in [0.717, 1.165) is 37.4 Å². The van der Waals surface area contributed by atoms with Gasteiger partial charge in [-0.3, -0.25) is 4.90 Å². The van der Waals surface area contributed by atoms with E-state index in [-0.39, 0.29) is 0 Å². The summed E-state index contributed by atoms with van der Waals surface area (Å²) in [6.45, 7) is 3.35. The minimum atomic E-state index is -2.65. The third-order valence-corrected chi connectivity index (χ3v) is 5.68. The number of nitrogens with zero attached hydrogens (tertiary/aromatic N) is 4. The highest BCUT2D eigenvalue weighted by atomic mass is 19.3. The van der Waals surface area contributed by atoms with Gasteiger partial charge in [-0.05, 0) is 37.2 Å². The lowest BCUT2D eigenvalue weighted by Crippen LogP contribution is -2.37. The number of morpholine rings is 1. The number of likely N-dealkylation sites (N-methyl/N-ethyl adjacent to an activating group) is 1. The van der Waals surface area contributed by atoms with Crippen molar-refractivity contribution >= 4 is 11.6 Å². The van der Waals surface area contributed by atoms with E-state index in [1.807, 2.05) is 23.6 Å². The first-order chi connectivity index (χ1) is 16.0. The summed E-state index contributed by atoms with van der Waals surface area (Å²) in [5.41, 5.74) is 4.40. The van der Waals surface area contributed by atoms with Crippen LogP contribution in [0.25, 0.3) is 16.8 Å². The lowest BCUT2D eigenvalue weighted by Gasteiger charge is -2.32. The van der Waals surface area contributed by atoms with E-state index in [1.165, 1.54) is 11.8 Å². The number of ether oxygens (including phenoxy) is 1. The van der Waals surface area contributed by atoms with Crippen molar-refractivity contribution in [2.75, 3.05) is 45.2 Å². The van der Waals surface area contributed by atoms with Gasteiger partial charge >= 0.3 is 6.55 Å². The van der Waals surface area contributed by atoms with Crippen LogP contribution in [0.2, 0.25) is 0 Å². The van der Waals surface area contributed by atoms with Gasteiger partial charge in [0, 0.05) is 49.3 Å². The molecule has 1 saturated heterocycles. The summed E-state index contributed by atoms with van der Waals surface area (Å²) in [6, 6.07) is 12.7. The second-order valence-corrected chi connectivity index (χ2v) is 7.86. The van der Waals surface area contributed by atoms with Crippen molar-refractivity contribution in [1.29, 1.82) is 0 Å². The van der Waals surface area contributed by atoms with Crippen LogP contribution in [0, 0.1) is 0 Å². The van der Waals surface area contributed by atoms with Crippen LogP contribution in [0.1, 0.15) is 18.5 Å². The van der Waals surface area contributed by atoms with Gasteiger partial charge in [0.25, 0.3) is 0 Å². The number of halogens is 2. The smallest absolute Gasteiger partial charge is 0.312 e. The maximum atomic E-state index is 12.5. The normalized spacial score (nSPS) is 16.3. The molecule has 0 radical (unpaired) electrons. The van der Waals surface area contributed by atoms with Gasteiger partial charge in [-0.2, -0.15) is 13.8 Å². The third kappa shape index (κ3) is 5.65. The van der Waals surface area contributed by atoms with Gasteiger partial charge < -0.3 is 20.7 Å². The van der Waals surface area contributed by atoms with E-state index in [2.05, 4.69) is 56.8 Å². The van der Waals surface area contributed by atoms with Crippen molar-refractivity contribution in [2.45, 2.75) is 19.5 Å². The van der Waals surface area contributed by atoms with E-state index < -0.39 is 6.55 Å². The van der Waals surface area contributed by atoms with Crippen molar-refractivity contribution in [1.82, 2.24) is 30.1 Å². The van der Waals surface area contributed by atoms with Gasteiger partial charge in [-0.15, -0.1) is 5.10 Å². The number of pyridine rings is 1. The molecule has 33 heavy (non-hydrogen) atoms. The summed E-state index contributed by atoms with van der Waals surface area (Å²) >= 11 is 0. The van der Waals surface area contributed by atoms with Gasteiger partial charge in [0.15, 0.2) is 5.65 Å². The van der Waals surface area contributed by atoms with E-state index in [1.54, 1.807) is 11.6 Å². The van der Waals surface area contributed by atoms with Gasteiger partial charge in [0.2, 0.25) is 5.95 Å². The number of fused-ring (bicyclic) bond motifs is 1. The van der Waals surface area contributed by atoms with E-state index in [9.17, 15) is 8.78 Å². The number of hydrogen-bond acceptors (Lipinski definition) is 7. The number of nitrogens with one attached hydrogen (secondary N) is 3. The third-order valence-electron chi connectivity index (χ3n) is 5.68. The van der Waals surface area contributed by atoms with Crippen molar-refractivity contribution in [2.24, 2.45) is 0 Å². The number of rotatable bonds is 9.